The number of carbonyl (C=O) groups is 1. The maximum Gasteiger partial charge on any atom is 0.260 e. The van der Waals surface area contributed by atoms with E-state index in [1.807, 2.05) is 35.2 Å². The average Bonchev–Trinajstić information content (AvgIpc) is 3.38. The molecule has 1 saturated carbocycles. The van der Waals surface area contributed by atoms with Crippen LogP contribution in [0.15, 0.2) is 30.3 Å². The highest BCUT2D eigenvalue weighted by atomic mass is 16.5. The van der Waals surface area contributed by atoms with Gasteiger partial charge in [-0.2, -0.15) is 0 Å². The number of hydrogen-bond donors (Lipinski definition) is 0. The molecule has 1 atom stereocenters. The van der Waals surface area contributed by atoms with Crippen molar-refractivity contribution >= 4 is 5.91 Å². The summed E-state index contributed by atoms with van der Waals surface area (Å²) in [5, 5.41) is 0. The standard InChI is InChI=1S/C17H24N2O2/c1-14(15-7-8-15)18-9-11-19(12-10-18)17(20)13-21-16-5-3-2-4-6-16/h2-6,14-15H,7-13H2,1H3. The van der Waals surface area contributed by atoms with Crippen LogP contribution in [0.3, 0.4) is 0 Å². The second kappa shape index (κ2) is 6.48. The summed E-state index contributed by atoms with van der Waals surface area (Å²) in [6.07, 6.45) is 2.76. The van der Waals surface area contributed by atoms with Gasteiger partial charge in [-0.05, 0) is 37.8 Å². The summed E-state index contributed by atoms with van der Waals surface area (Å²) >= 11 is 0. The highest BCUT2D eigenvalue weighted by Crippen LogP contribution is 2.35. The Morgan fingerprint density at radius 2 is 1.86 bits per heavy atom. The van der Waals surface area contributed by atoms with Crippen LogP contribution in [0.5, 0.6) is 5.75 Å². The molecule has 21 heavy (non-hydrogen) atoms. The highest BCUT2D eigenvalue weighted by Gasteiger charge is 2.33. The van der Waals surface area contributed by atoms with Gasteiger partial charge in [0.2, 0.25) is 0 Å². The third-order valence-corrected chi connectivity index (χ3v) is 4.65. The second-order valence-corrected chi connectivity index (χ2v) is 6.10. The van der Waals surface area contributed by atoms with Crippen molar-refractivity contribution in [2.24, 2.45) is 5.92 Å². The maximum absolute atomic E-state index is 12.2. The molecule has 1 saturated heterocycles. The lowest BCUT2D eigenvalue weighted by Gasteiger charge is -2.38. The largest absolute Gasteiger partial charge is 0.484 e. The van der Waals surface area contributed by atoms with Gasteiger partial charge in [-0.15, -0.1) is 0 Å². The molecule has 0 radical (unpaired) electrons. The summed E-state index contributed by atoms with van der Waals surface area (Å²) in [6, 6.07) is 10.2. The van der Waals surface area contributed by atoms with Crippen molar-refractivity contribution in [3.63, 3.8) is 0 Å². The number of amides is 1. The first-order valence-corrected chi connectivity index (χ1v) is 7.94. The van der Waals surface area contributed by atoms with Crippen LogP contribution < -0.4 is 4.74 Å². The molecule has 2 fully saturated rings. The third kappa shape index (κ3) is 3.76. The van der Waals surface area contributed by atoms with Gasteiger partial charge in [0, 0.05) is 32.2 Å². The number of para-hydroxylation sites is 1. The number of nitrogens with zero attached hydrogens (tertiary/aromatic N) is 2. The Morgan fingerprint density at radius 3 is 2.48 bits per heavy atom. The van der Waals surface area contributed by atoms with Crippen LogP contribution in [0.1, 0.15) is 19.8 Å². The van der Waals surface area contributed by atoms with E-state index in [0.717, 1.165) is 37.8 Å². The first-order chi connectivity index (χ1) is 10.2. The van der Waals surface area contributed by atoms with Gasteiger partial charge >= 0.3 is 0 Å². The molecule has 0 spiro atoms. The molecule has 2 aliphatic rings. The fourth-order valence-electron chi connectivity index (χ4n) is 3.01. The van der Waals surface area contributed by atoms with Gasteiger partial charge in [0.25, 0.3) is 5.91 Å². The zero-order valence-corrected chi connectivity index (χ0v) is 12.7. The average molecular weight is 288 g/mol. The molecule has 1 aliphatic carbocycles. The molecule has 3 rings (SSSR count). The van der Waals surface area contributed by atoms with Gasteiger partial charge in [-0.25, -0.2) is 0 Å². The zero-order chi connectivity index (χ0) is 14.7. The van der Waals surface area contributed by atoms with Crippen molar-refractivity contribution in [2.45, 2.75) is 25.8 Å². The molecule has 0 aromatic heterocycles. The lowest BCUT2D eigenvalue weighted by molar-refractivity contribution is -0.135. The maximum atomic E-state index is 12.2. The Morgan fingerprint density at radius 1 is 1.19 bits per heavy atom. The molecule has 1 unspecified atom stereocenters. The minimum absolute atomic E-state index is 0.0950. The van der Waals surface area contributed by atoms with Gasteiger partial charge in [0.15, 0.2) is 6.61 Å². The fourth-order valence-corrected chi connectivity index (χ4v) is 3.01. The lowest BCUT2D eigenvalue weighted by Crippen LogP contribution is -2.52. The minimum Gasteiger partial charge on any atom is -0.484 e. The van der Waals surface area contributed by atoms with E-state index in [4.69, 9.17) is 4.74 Å². The van der Waals surface area contributed by atoms with E-state index in [9.17, 15) is 4.79 Å². The van der Waals surface area contributed by atoms with Crippen molar-refractivity contribution in [2.75, 3.05) is 32.8 Å². The number of hydrogen-bond acceptors (Lipinski definition) is 3. The monoisotopic (exact) mass is 288 g/mol. The van der Waals surface area contributed by atoms with E-state index in [-0.39, 0.29) is 12.5 Å². The van der Waals surface area contributed by atoms with Crippen LogP contribution in [0, 0.1) is 5.92 Å². The van der Waals surface area contributed by atoms with Crippen molar-refractivity contribution in [3.05, 3.63) is 30.3 Å². The summed E-state index contributed by atoms with van der Waals surface area (Å²) in [5.41, 5.74) is 0. The fraction of sp³-hybridized carbons (Fsp3) is 0.588. The Hall–Kier alpha value is -1.55. The van der Waals surface area contributed by atoms with Crippen LogP contribution in [-0.4, -0.2) is 54.5 Å². The Balaban J connectivity index is 1.42. The molecular formula is C17H24N2O2. The van der Waals surface area contributed by atoms with Gasteiger partial charge in [0.1, 0.15) is 5.75 Å². The molecule has 0 bridgehead atoms. The molecule has 1 aromatic carbocycles. The Bertz CT molecular complexity index is 465. The predicted octanol–water partition coefficient (Wildman–Crippen LogP) is 2.01. The number of ether oxygens (including phenoxy) is 1. The van der Waals surface area contributed by atoms with Crippen molar-refractivity contribution in [1.29, 1.82) is 0 Å². The topological polar surface area (TPSA) is 32.8 Å². The van der Waals surface area contributed by atoms with Gasteiger partial charge in [0.05, 0.1) is 0 Å². The number of carbonyl (C=O) groups excluding carboxylic acids is 1. The second-order valence-electron chi connectivity index (χ2n) is 6.10. The van der Waals surface area contributed by atoms with Crippen molar-refractivity contribution < 1.29 is 9.53 Å². The number of rotatable bonds is 5. The van der Waals surface area contributed by atoms with E-state index in [1.54, 1.807) is 0 Å². The molecule has 1 aliphatic heterocycles. The van der Waals surface area contributed by atoms with Crippen molar-refractivity contribution in [3.8, 4) is 5.75 Å². The van der Waals surface area contributed by atoms with E-state index in [0.29, 0.717) is 6.04 Å². The van der Waals surface area contributed by atoms with Crippen LogP contribution in [0.25, 0.3) is 0 Å². The van der Waals surface area contributed by atoms with E-state index in [1.165, 1.54) is 12.8 Å². The Kier molecular flexibility index (Phi) is 4.44. The first kappa shape index (κ1) is 14.4. The van der Waals surface area contributed by atoms with Crippen LogP contribution in [-0.2, 0) is 4.79 Å². The smallest absolute Gasteiger partial charge is 0.260 e. The molecule has 1 aromatic rings. The first-order valence-electron chi connectivity index (χ1n) is 7.94. The van der Waals surface area contributed by atoms with E-state index < -0.39 is 0 Å². The van der Waals surface area contributed by atoms with Gasteiger partial charge < -0.3 is 9.64 Å². The summed E-state index contributed by atoms with van der Waals surface area (Å²) in [6.45, 7) is 6.11. The minimum atomic E-state index is 0.0950. The molecule has 0 N–H and O–H groups in total. The quantitative estimate of drug-likeness (QED) is 0.831. The van der Waals surface area contributed by atoms with Crippen LogP contribution in [0.4, 0.5) is 0 Å². The Labute approximate surface area is 126 Å². The van der Waals surface area contributed by atoms with Crippen LogP contribution in [0.2, 0.25) is 0 Å². The van der Waals surface area contributed by atoms with E-state index in [2.05, 4.69) is 11.8 Å². The summed E-state index contributed by atoms with van der Waals surface area (Å²) in [5.74, 6) is 1.75. The van der Waals surface area contributed by atoms with Crippen molar-refractivity contribution in [1.82, 2.24) is 9.80 Å². The highest BCUT2D eigenvalue weighted by molar-refractivity contribution is 5.77. The summed E-state index contributed by atoms with van der Waals surface area (Å²) < 4.78 is 5.54. The lowest BCUT2D eigenvalue weighted by atomic mass is 10.1. The summed E-state index contributed by atoms with van der Waals surface area (Å²) in [7, 11) is 0. The number of benzene rings is 1. The predicted molar refractivity (Wildman–Crippen MR) is 82.3 cm³/mol. The molecule has 4 nitrogen and oxygen atoms in total. The van der Waals surface area contributed by atoms with Crippen LogP contribution >= 0.6 is 0 Å². The molecule has 1 heterocycles. The van der Waals surface area contributed by atoms with Gasteiger partial charge in [-0.3, -0.25) is 9.69 Å². The normalized spacial score (nSPS) is 21.1. The zero-order valence-electron chi connectivity index (χ0n) is 12.7. The summed E-state index contributed by atoms with van der Waals surface area (Å²) in [4.78, 5) is 16.6. The molecule has 4 heteroatoms. The number of piperazine rings is 1. The third-order valence-electron chi connectivity index (χ3n) is 4.65. The SMILES string of the molecule is CC(C1CC1)N1CCN(C(=O)COc2ccccc2)CC1. The molecule has 114 valence electrons. The molecule has 1 amide bonds. The van der Waals surface area contributed by atoms with Gasteiger partial charge in [-0.1, -0.05) is 18.2 Å². The van der Waals surface area contributed by atoms with E-state index >= 15 is 0 Å². The molecular weight excluding hydrogens is 264 g/mol.